The topological polar surface area (TPSA) is 31.0 Å². The lowest BCUT2D eigenvalue weighted by Crippen LogP contribution is -1.94. The third-order valence-electron chi connectivity index (χ3n) is 9.01. The molecule has 0 radical (unpaired) electrons. The summed E-state index contributed by atoms with van der Waals surface area (Å²) in [6.45, 7) is 0. The highest BCUT2D eigenvalue weighted by molar-refractivity contribution is 7.25. The van der Waals surface area contributed by atoms with Gasteiger partial charge in [-0.25, -0.2) is 4.98 Å². The van der Waals surface area contributed by atoms with Crippen LogP contribution < -0.4 is 0 Å². The number of para-hydroxylation sites is 2. The van der Waals surface area contributed by atoms with Gasteiger partial charge in [-0.3, -0.25) is 0 Å². The first-order chi connectivity index (χ1) is 22.3. The molecule has 10 rings (SSSR count). The molecular formula is C41H24N2OS. The molecule has 0 saturated heterocycles. The largest absolute Gasteiger partial charge is 0.456 e. The summed E-state index contributed by atoms with van der Waals surface area (Å²) in [5.41, 5.74) is 9.41. The normalized spacial score (nSPS) is 12.0. The molecule has 6 aromatic carbocycles. The second kappa shape index (κ2) is 9.39. The Labute approximate surface area is 262 Å². The quantitative estimate of drug-likeness (QED) is 0.204. The van der Waals surface area contributed by atoms with E-state index in [-0.39, 0.29) is 0 Å². The van der Waals surface area contributed by atoms with Crippen LogP contribution in [-0.2, 0) is 0 Å². The predicted octanol–water partition coefficient (Wildman–Crippen LogP) is 11.8. The summed E-state index contributed by atoms with van der Waals surface area (Å²) in [5.74, 6) is 0. The zero-order valence-electron chi connectivity index (χ0n) is 24.1. The molecule has 0 N–H and O–H groups in total. The highest BCUT2D eigenvalue weighted by Crippen LogP contribution is 2.40. The molecule has 0 spiro atoms. The van der Waals surface area contributed by atoms with Crippen molar-refractivity contribution in [2.24, 2.45) is 0 Å². The van der Waals surface area contributed by atoms with Gasteiger partial charge in [0, 0.05) is 47.5 Å². The lowest BCUT2D eigenvalue weighted by atomic mass is 10.0. The third-order valence-corrected chi connectivity index (χ3v) is 10.2. The Morgan fingerprint density at radius 2 is 1.11 bits per heavy atom. The lowest BCUT2D eigenvalue weighted by molar-refractivity contribution is 0.669. The van der Waals surface area contributed by atoms with Crippen LogP contribution in [0.2, 0.25) is 0 Å². The van der Waals surface area contributed by atoms with Gasteiger partial charge < -0.3 is 8.98 Å². The Morgan fingerprint density at radius 1 is 0.467 bits per heavy atom. The zero-order valence-corrected chi connectivity index (χ0v) is 24.9. The minimum Gasteiger partial charge on any atom is -0.456 e. The number of furan rings is 1. The van der Waals surface area contributed by atoms with Crippen molar-refractivity contribution in [2.45, 2.75) is 0 Å². The predicted molar refractivity (Wildman–Crippen MR) is 190 cm³/mol. The summed E-state index contributed by atoms with van der Waals surface area (Å²) in [6, 6.07) is 51.7. The van der Waals surface area contributed by atoms with Crippen molar-refractivity contribution in [3.05, 3.63) is 146 Å². The van der Waals surface area contributed by atoms with Crippen molar-refractivity contribution in [3.8, 4) is 28.2 Å². The number of hydrogen-bond donors (Lipinski definition) is 0. The highest BCUT2D eigenvalue weighted by atomic mass is 32.1. The van der Waals surface area contributed by atoms with E-state index in [1.807, 2.05) is 23.5 Å². The highest BCUT2D eigenvalue weighted by Gasteiger charge is 2.18. The standard InChI is InChI=1S/C41H24N2OS/c1-4-14-34-27(9-1)30-23-25(19-21-35(30)43(34)36-15-8-17-38-41(36)29-11-2-5-16-37(29)44-38)32-12-7-13-33(42-32)26-20-22-40-31(24-26)28-10-3-6-18-39(28)45-40/h1-24H. The maximum absolute atomic E-state index is 6.26. The molecule has 4 heterocycles. The molecule has 0 bridgehead atoms. The van der Waals surface area contributed by atoms with E-state index in [1.165, 1.54) is 36.5 Å². The summed E-state index contributed by atoms with van der Waals surface area (Å²) in [5, 5.41) is 7.26. The second-order valence-corrected chi connectivity index (χ2v) is 12.6. The number of nitrogens with zero attached hydrogens (tertiary/aromatic N) is 2. The smallest absolute Gasteiger partial charge is 0.137 e. The Bertz CT molecular complexity index is 2780. The van der Waals surface area contributed by atoms with E-state index >= 15 is 0 Å². The van der Waals surface area contributed by atoms with Crippen LogP contribution in [0.3, 0.4) is 0 Å². The number of pyridine rings is 1. The van der Waals surface area contributed by atoms with Gasteiger partial charge in [-0.1, -0.05) is 78.9 Å². The van der Waals surface area contributed by atoms with Crippen LogP contribution in [0.1, 0.15) is 0 Å². The number of thiophene rings is 1. The van der Waals surface area contributed by atoms with Gasteiger partial charge in [-0.15, -0.1) is 11.3 Å². The fourth-order valence-corrected chi connectivity index (χ4v) is 8.06. The van der Waals surface area contributed by atoms with Crippen LogP contribution in [0.4, 0.5) is 0 Å². The molecule has 0 fully saturated rings. The monoisotopic (exact) mass is 592 g/mol. The van der Waals surface area contributed by atoms with Gasteiger partial charge in [0.15, 0.2) is 0 Å². The SMILES string of the molecule is c1cc(-c2ccc3sc4ccccc4c3c2)nc(-c2ccc3c(c2)c2ccccc2n3-c2cccc3oc4ccccc4c23)c1. The summed E-state index contributed by atoms with van der Waals surface area (Å²) in [7, 11) is 0. The van der Waals surface area contributed by atoms with Crippen LogP contribution in [0.15, 0.2) is 150 Å². The average molecular weight is 593 g/mol. The van der Waals surface area contributed by atoms with E-state index in [0.717, 1.165) is 55.7 Å². The summed E-state index contributed by atoms with van der Waals surface area (Å²) < 4.78 is 11.3. The first kappa shape index (κ1) is 24.7. The van der Waals surface area contributed by atoms with Crippen LogP contribution in [0.5, 0.6) is 0 Å². The minimum atomic E-state index is 0.894. The molecule has 0 unspecified atom stereocenters. The van der Waals surface area contributed by atoms with E-state index in [0.29, 0.717) is 0 Å². The van der Waals surface area contributed by atoms with Gasteiger partial charge >= 0.3 is 0 Å². The van der Waals surface area contributed by atoms with Crippen LogP contribution >= 0.6 is 11.3 Å². The summed E-state index contributed by atoms with van der Waals surface area (Å²) in [6.07, 6.45) is 0. The fourth-order valence-electron chi connectivity index (χ4n) is 6.98. The zero-order chi connectivity index (χ0) is 29.5. The van der Waals surface area contributed by atoms with Gasteiger partial charge in [-0.05, 0) is 66.7 Å². The van der Waals surface area contributed by atoms with Gasteiger partial charge in [0.25, 0.3) is 0 Å². The van der Waals surface area contributed by atoms with Gasteiger partial charge in [0.05, 0.1) is 33.5 Å². The van der Waals surface area contributed by atoms with Crippen LogP contribution in [-0.4, -0.2) is 9.55 Å². The minimum absolute atomic E-state index is 0.894. The lowest BCUT2D eigenvalue weighted by Gasteiger charge is -2.10. The van der Waals surface area contributed by atoms with Gasteiger partial charge in [0.2, 0.25) is 0 Å². The van der Waals surface area contributed by atoms with E-state index < -0.39 is 0 Å². The molecule has 0 aliphatic heterocycles. The van der Waals surface area contributed by atoms with E-state index in [1.54, 1.807) is 0 Å². The van der Waals surface area contributed by atoms with E-state index in [4.69, 9.17) is 9.40 Å². The number of hydrogen-bond acceptors (Lipinski definition) is 3. The Kier molecular flexibility index (Phi) is 5.16. The van der Waals surface area contributed by atoms with Crippen molar-refractivity contribution < 1.29 is 4.42 Å². The molecular weight excluding hydrogens is 569 g/mol. The molecule has 0 saturated carbocycles. The number of benzene rings is 6. The third kappa shape index (κ3) is 3.67. The summed E-state index contributed by atoms with van der Waals surface area (Å²) >= 11 is 1.84. The Balaban J connectivity index is 1.15. The maximum atomic E-state index is 6.26. The van der Waals surface area contributed by atoms with Crippen molar-refractivity contribution in [1.82, 2.24) is 9.55 Å². The van der Waals surface area contributed by atoms with Crippen molar-refractivity contribution >= 4 is 75.3 Å². The molecule has 3 nitrogen and oxygen atoms in total. The molecule has 4 heteroatoms. The Hall–Kier alpha value is -5.71. The first-order valence-corrected chi connectivity index (χ1v) is 15.9. The van der Waals surface area contributed by atoms with E-state index in [2.05, 4.69) is 138 Å². The molecule has 0 atom stereocenters. The number of fused-ring (bicyclic) bond motifs is 9. The average Bonchev–Trinajstić information content (AvgIpc) is 3.77. The van der Waals surface area contributed by atoms with E-state index in [9.17, 15) is 0 Å². The molecule has 0 amide bonds. The first-order valence-electron chi connectivity index (χ1n) is 15.1. The fraction of sp³-hybridized carbons (Fsp3) is 0. The molecule has 45 heavy (non-hydrogen) atoms. The second-order valence-electron chi connectivity index (χ2n) is 11.6. The molecule has 210 valence electrons. The van der Waals surface area contributed by atoms with Gasteiger partial charge in [0.1, 0.15) is 11.2 Å². The Morgan fingerprint density at radius 3 is 2.00 bits per heavy atom. The molecule has 0 aliphatic rings. The molecule has 10 aromatic rings. The van der Waals surface area contributed by atoms with Gasteiger partial charge in [-0.2, -0.15) is 0 Å². The molecule has 0 aliphatic carbocycles. The molecule has 4 aromatic heterocycles. The number of rotatable bonds is 3. The van der Waals surface area contributed by atoms with Crippen molar-refractivity contribution in [1.29, 1.82) is 0 Å². The maximum Gasteiger partial charge on any atom is 0.137 e. The summed E-state index contributed by atoms with van der Waals surface area (Å²) in [4.78, 5) is 5.19. The van der Waals surface area contributed by atoms with Crippen LogP contribution in [0.25, 0.3) is 92.1 Å². The van der Waals surface area contributed by atoms with Crippen molar-refractivity contribution in [2.75, 3.05) is 0 Å². The number of aromatic nitrogens is 2. The van der Waals surface area contributed by atoms with Crippen molar-refractivity contribution in [3.63, 3.8) is 0 Å². The van der Waals surface area contributed by atoms with Crippen LogP contribution in [0, 0.1) is 0 Å².